The molecule has 0 unspecified atom stereocenters. The van der Waals surface area contributed by atoms with Crippen LogP contribution in [0.1, 0.15) is 16.7 Å². The minimum Gasteiger partial charge on any atom is -0.493 e. The smallest absolute Gasteiger partial charge is 0.126 e. The van der Waals surface area contributed by atoms with Crippen molar-refractivity contribution in [2.24, 2.45) is 0 Å². The van der Waals surface area contributed by atoms with Crippen LogP contribution in [0.4, 0.5) is 0 Å². The van der Waals surface area contributed by atoms with Crippen LogP contribution < -0.4 is 4.74 Å². The molecule has 0 aliphatic carbocycles. The molecular weight excluding hydrogens is 298 g/mol. The van der Waals surface area contributed by atoms with E-state index in [1.807, 2.05) is 0 Å². The summed E-state index contributed by atoms with van der Waals surface area (Å²) in [6.45, 7) is 2.90. The first kappa shape index (κ1) is 9.59. The topological polar surface area (TPSA) is 9.23 Å². The first-order valence-electron chi connectivity index (χ1n) is 4.23. The lowest BCUT2D eigenvalue weighted by atomic mass is 10.1. The average molecular weight is 309 g/mol. The lowest BCUT2D eigenvalue weighted by molar-refractivity contribution is 0.354. The Bertz CT molecular complexity index is 349. The van der Waals surface area contributed by atoms with Gasteiger partial charge in [0.2, 0.25) is 0 Å². The third kappa shape index (κ3) is 1.54. The van der Waals surface area contributed by atoms with E-state index < -0.39 is 0 Å². The lowest BCUT2D eigenvalue weighted by Crippen LogP contribution is -1.93. The van der Waals surface area contributed by atoms with Crippen molar-refractivity contribution in [2.45, 2.75) is 19.2 Å². The molecular formula is C10H10ClIO. The fourth-order valence-corrected chi connectivity index (χ4v) is 3.00. The number of halogens is 2. The van der Waals surface area contributed by atoms with Gasteiger partial charge in [0.15, 0.2) is 0 Å². The Kier molecular flexibility index (Phi) is 2.70. The van der Waals surface area contributed by atoms with Gasteiger partial charge in [-0.3, -0.25) is 0 Å². The van der Waals surface area contributed by atoms with Crippen molar-refractivity contribution in [3.8, 4) is 5.75 Å². The highest BCUT2D eigenvalue weighted by atomic mass is 127. The number of rotatable bonds is 1. The van der Waals surface area contributed by atoms with Gasteiger partial charge in [-0.05, 0) is 40.6 Å². The summed E-state index contributed by atoms with van der Waals surface area (Å²) in [7, 11) is 0. The van der Waals surface area contributed by atoms with Crippen molar-refractivity contribution in [3.05, 3.63) is 26.3 Å². The highest BCUT2D eigenvalue weighted by molar-refractivity contribution is 14.1. The van der Waals surface area contributed by atoms with E-state index in [9.17, 15) is 0 Å². The van der Waals surface area contributed by atoms with Crippen molar-refractivity contribution >= 4 is 34.2 Å². The average Bonchev–Trinajstić information content (AvgIpc) is 2.60. The van der Waals surface area contributed by atoms with E-state index >= 15 is 0 Å². The van der Waals surface area contributed by atoms with Crippen molar-refractivity contribution in [2.75, 3.05) is 6.61 Å². The normalized spacial score (nSPS) is 14.1. The van der Waals surface area contributed by atoms with E-state index in [1.54, 1.807) is 0 Å². The molecule has 2 rings (SSSR count). The molecule has 0 saturated heterocycles. The highest BCUT2D eigenvalue weighted by Crippen LogP contribution is 2.35. The summed E-state index contributed by atoms with van der Waals surface area (Å²) in [4.78, 5) is 0. The van der Waals surface area contributed by atoms with Crippen molar-refractivity contribution in [1.82, 2.24) is 0 Å². The van der Waals surface area contributed by atoms with Gasteiger partial charge in [-0.15, -0.1) is 11.6 Å². The van der Waals surface area contributed by atoms with Crippen LogP contribution in [0.2, 0.25) is 0 Å². The maximum absolute atomic E-state index is 5.86. The predicted octanol–water partition coefficient (Wildman–Crippen LogP) is 3.27. The molecule has 70 valence electrons. The molecule has 0 aromatic heterocycles. The number of alkyl halides is 1. The van der Waals surface area contributed by atoms with Crippen LogP contribution in [0.15, 0.2) is 6.07 Å². The van der Waals surface area contributed by atoms with Gasteiger partial charge in [0.1, 0.15) is 5.75 Å². The monoisotopic (exact) mass is 308 g/mol. The molecule has 0 N–H and O–H groups in total. The Hall–Kier alpha value is 0.0400. The van der Waals surface area contributed by atoms with E-state index in [0.29, 0.717) is 5.88 Å². The minimum absolute atomic E-state index is 0.590. The molecule has 0 saturated carbocycles. The van der Waals surface area contributed by atoms with Crippen molar-refractivity contribution < 1.29 is 4.74 Å². The van der Waals surface area contributed by atoms with Crippen LogP contribution >= 0.6 is 34.2 Å². The van der Waals surface area contributed by atoms with E-state index in [-0.39, 0.29) is 0 Å². The summed E-state index contributed by atoms with van der Waals surface area (Å²) in [5.74, 6) is 1.67. The first-order chi connectivity index (χ1) is 6.24. The number of hydrogen-bond acceptors (Lipinski definition) is 1. The molecule has 1 aliphatic heterocycles. The zero-order valence-electron chi connectivity index (χ0n) is 7.36. The highest BCUT2D eigenvalue weighted by Gasteiger charge is 2.19. The maximum atomic E-state index is 5.86. The largest absolute Gasteiger partial charge is 0.493 e. The van der Waals surface area contributed by atoms with Crippen LogP contribution in [0.3, 0.4) is 0 Å². The van der Waals surface area contributed by atoms with Gasteiger partial charge < -0.3 is 4.74 Å². The van der Waals surface area contributed by atoms with E-state index in [2.05, 4.69) is 35.6 Å². The molecule has 1 aromatic carbocycles. The minimum atomic E-state index is 0.590. The lowest BCUT2D eigenvalue weighted by Gasteiger charge is -2.09. The number of ether oxygens (including phenoxy) is 1. The second kappa shape index (κ2) is 3.65. The number of hydrogen-bond donors (Lipinski definition) is 0. The summed E-state index contributed by atoms with van der Waals surface area (Å²) in [6, 6.07) is 2.12. The summed E-state index contributed by atoms with van der Waals surface area (Å²) in [5, 5.41) is 0. The second-order valence-electron chi connectivity index (χ2n) is 3.21. The summed E-state index contributed by atoms with van der Waals surface area (Å²) >= 11 is 8.22. The van der Waals surface area contributed by atoms with Gasteiger partial charge >= 0.3 is 0 Å². The zero-order valence-corrected chi connectivity index (χ0v) is 10.3. The molecule has 0 amide bonds. The molecule has 1 aliphatic rings. The molecule has 0 bridgehead atoms. The molecule has 3 heteroatoms. The molecule has 0 radical (unpaired) electrons. The van der Waals surface area contributed by atoms with Crippen molar-refractivity contribution in [3.63, 3.8) is 0 Å². The van der Waals surface area contributed by atoms with Crippen LogP contribution in [-0.4, -0.2) is 6.61 Å². The quantitative estimate of drug-likeness (QED) is 0.571. The van der Waals surface area contributed by atoms with Gasteiger partial charge in [-0.1, -0.05) is 6.07 Å². The third-order valence-corrected chi connectivity index (χ3v) is 3.94. The van der Waals surface area contributed by atoms with Gasteiger partial charge in [-0.25, -0.2) is 0 Å². The van der Waals surface area contributed by atoms with Crippen molar-refractivity contribution in [1.29, 1.82) is 0 Å². The SMILES string of the molecule is Cc1cc(CCl)c(I)c2c1OCC2. The van der Waals surface area contributed by atoms with Gasteiger partial charge in [0.25, 0.3) is 0 Å². The Balaban J connectivity index is 2.62. The van der Waals surface area contributed by atoms with Crippen LogP contribution in [0.5, 0.6) is 5.75 Å². The van der Waals surface area contributed by atoms with Crippen LogP contribution in [-0.2, 0) is 12.3 Å². The van der Waals surface area contributed by atoms with Gasteiger partial charge in [-0.2, -0.15) is 0 Å². The number of benzene rings is 1. The van der Waals surface area contributed by atoms with E-state index in [4.69, 9.17) is 16.3 Å². The van der Waals surface area contributed by atoms with Gasteiger partial charge in [0, 0.05) is 21.4 Å². The Morgan fingerprint density at radius 1 is 1.62 bits per heavy atom. The molecule has 0 fully saturated rings. The van der Waals surface area contributed by atoms with E-state index in [0.717, 1.165) is 18.8 Å². The van der Waals surface area contributed by atoms with Gasteiger partial charge in [0.05, 0.1) is 6.61 Å². The fraction of sp³-hybridized carbons (Fsp3) is 0.400. The summed E-state index contributed by atoms with van der Waals surface area (Å²) < 4.78 is 6.84. The Labute approximate surface area is 96.6 Å². The Morgan fingerprint density at radius 3 is 3.08 bits per heavy atom. The number of aryl methyl sites for hydroxylation is 1. The molecule has 1 nitrogen and oxygen atoms in total. The number of fused-ring (bicyclic) bond motifs is 1. The van der Waals surface area contributed by atoms with Crippen LogP contribution in [0, 0.1) is 10.5 Å². The zero-order chi connectivity index (χ0) is 9.42. The molecule has 13 heavy (non-hydrogen) atoms. The first-order valence-corrected chi connectivity index (χ1v) is 5.85. The third-order valence-electron chi connectivity index (χ3n) is 2.31. The van der Waals surface area contributed by atoms with Crippen LogP contribution in [0.25, 0.3) is 0 Å². The molecule has 0 spiro atoms. The molecule has 1 heterocycles. The molecule has 0 atom stereocenters. The fourth-order valence-electron chi connectivity index (χ4n) is 1.70. The second-order valence-corrected chi connectivity index (χ2v) is 4.55. The maximum Gasteiger partial charge on any atom is 0.126 e. The molecule has 1 aromatic rings. The predicted molar refractivity (Wildman–Crippen MR) is 62.7 cm³/mol. The Morgan fingerprint density at radius 2 is 2.38 bits per heavy atom. The van der Waals surface area contributed by atoms with E-state index in [1.165, 1.54) is 20.3 Å². The summed E-state index contributed by atoms with van der Waals surface area (Å²) in [6.07, 6.45) is 1.03. The summed E-state index contributed by atoms with van der Waals surface area (Å²) in [5.41, 5.74) is 3.78. The standard InChI is InChI=1S/C10H10ClIO/c1-6-4-7(5-11)9(12)8-2-3-13-10(6)8/h4H,2-3,5H2,1H3.